The van der Waals surface area contributed by atoms with Crippen molar-refractivity contribution in [1.29, 1.82) is 0 Å². The molecule has 0 saturated carbocycles. The number of anilines is 1. The second-order valence-corrected chi connectivity index (χ2v) is 9.83. The summed E-state index contributed by atoms with van der Waals surface area (Å²) in [5, 5.41) is 0.526. The zero-order valence-electron chi connectivity index (χ0n) is 18.6. The Morgan fingerprint density at radius 1 is 1.16 bits per heavy atom. The molecule has 1 aliphatic rings. The molecule has 0 aliphatic carbocycles. The number of ether oxygens (including phenoxy) is 1. The van der Waals surface area contributed by atoms with Gasteiger partial charge in [-0.1, -0.05) is 50.3 Å². The molecule has 1 aromatic heterocycles. The van der Waals surface area contributed by atoms with Gasteiger partial charge in [-0.3, -0.25) is 14.6 Å². The number of halogens is 2. The molecule has 5 nitrogen and oxygen atoms in total. The lowest BCUT2D eigenvalue weighted by atomic mass is 9.86. The zero-order valence-corrected chi connectivity index (χ0v) is 20.3. The number of rotatable bonds is 5. The number of thiazole rings is 1. The minimum Gasteiger partial charge on any atom is -0.379 e. The lowest BCUT2D eigenvalue weighted by molar-refractivity contribution is 0.0391. The molecule has 2 aromatic carbocycles. The van der Waals surface area contributed by atoms with Gasteiger partial charge in [0.25, 0.3) is 5.91 Å². The molecular weight excluding hydrogens is 449 g/mol. The fourth-order valence-electron chi connectivity index (χ4n) is 3.64. The Kier molecular flexibility index (Phi) is 7.88. The van der Waals surface area contributed by atoms with E-state index in [-0.39, 0.29) is 29.5 Å². The number of nitrogens with zero attached hydrogens (tertiary/aromatic N) is 3. The Bertz CT molecular complexity index is 1060. The van der Waals surface area contributed by atoms with Crippen LogP contribution >= 0.6 is 23.7 Å². The summed E-state index contributed by atoms with van der Waals surface area (Å²) in [5.74, 6) is -0.483. The molecule has 4 rings (SSSR count). The molecular formula is C24H29ClFN3O2S. The Morgan fingerprint density at radius 2 is 1.84 bits per heavy atom. The fourth-order valence-corrected chi connectivity index (χ4v) is 4.64. The van der Waals surface area contributed by atoms with E-state index in [9.17, 15) is 9.18 Å². The quantitative estimate of drug-likeness (QED) is 0.510. The minimum absolute atomic E-state index is 0. The maximum absolute atomic E-state index is 14.2. The molecule has 32 heavy (non-hydrogen) atoms. The van der Waals surface area contributed by atoms with Crippen LogP contribution in [0.4, 0.5) is 9.52 Å². The average Bonchev–Trinajstić information content (AvgIpc) is 3.19. The molecule has 0 atom stereocenters. The van der Waals surface area contributed by atoms with Crippen molar-refractivity contribution in [2.75, 3.05) is 44.3 Å². The maximum atomic E-state index is 14.2. The van der Waals surface area contributed by atoms with Crippen molar-refractivity contribution >= 4 is 45.0 Å². The van der Waals surface area contributed by atoms with Crippen LogP contribution in [0.1, 0.15) is 36.7 Å². The summed E-state index contributed by atoms with van der Waals surface area (Å²) in [4.78, 5) is 21.9. The molecule has 1 saturated heterocycles. The molecule has 8 heteroatoms. The number of fused-ring (bicyclic) bond motifs is 1. The van der Waals surface area contributed by atoms with Crippen molar-refractivity contribution in [3.05, 3.63) is 59.4 Å². The van der Waals surface area contributed by atoms with E-state index in [0.717, 1.165) is 17.8 Å². The molecule has 1 amide bonds. The first kappa shape index (κ1) is 24.6. The van der Waals surface area contributed by atoms with E-state index in [4.69, 9.17) is 4.74 Å². The van der Waals surface area contributed by atoms with Crippen LogP contribution in [0.25, 0.3) is 10.2 Å². The molecule has 172 valence electrons. The van der Waals surface area contributed by atoms with Crippen LogP contribution in [-0.4, -0.2) is 55.2 Å². The normalized spacial score (nSPS) is 14.9. The number of morpholine rings is 1. The lowest BCUT2D eigenvalue weighted by Gasteiger charge is -2.29. The number of hydrogen-bond acceptors (Lipinski definition) is 5. The van der Waals surface area contributed by atoms with Gasteiger partial charge in [-0.2, -0.15) is 0 Å². The van der Waals surface area contributed by atoms with E-state index in [1.165, 1.54) is 23.0 Å². The highest BCUT2D eigenvalue weighted by molar-refractivity contribution is 7.22. The monoisotopic (exact) mass is 477 g/mol. The number of hydrogen-bond donors (Lipinski definition) is 0. The first-order valence-corrected chi connectivity index (χ1v) is 11.4. The van der Waals surface area contributed by atoms with Crippen LogP contribution < -0.4 is 4.90 Å². The van der Waals surface area contributed by atoms with Gasteiger partial charge in [0, 0.05) is 31.7 Å². The Hall–Kier alpha value is -2.06. The Balaban J connectivity index is 0.00000289. The number of benzene rings is 2. The highest BCUT2D eigenvalue weighted by atomic mass is 35.5. The number of aromatic nitrogens is 1. The number of amides is 1. The summed E-state index contributed by atoms with van der Waals surface area (Å²) in [6.45, 7) is 10.7. The summed E-state index contributed by atoms with van der Waals surface area (Å²) >= 11 is 1.35. The summed E-state index contributed by atoms with van der Waals surface area (Å²) in [6, 6.07) is 12.7. The largest absolute Gasteiger partial charge is 0.379 e. The summed E-state index contributed by atoms with van der Waals surface area (Å²) < 4.78 is 20.4. The van der Waals surface area contributed by atoms with Crippen LogP contribution in [0.15, 0.2) is 42.5 Å². The maximum Gasteiger partial charge on any atom is 0.260 e. The van der Waals surface area contributed by atoms with E-state index < -0.39 is 0 Å². The van der Waals surface area contributed by atoms with Crippen LogP contribution in [0, 0.1) is 5.82 Å². The second-order valence-electron chi connectivity index (χ2n) is 8.82. The van der Waals surface area contributed by atoms with Crippen LogP contribution in [0.2, 0.25) is 0 Å². The van der Waals surface area contributed by atoms with Gasteiger partial charge in [0.15, 0.2) is 5.13 Å². The lowest BCUT2D eigenvalue weighted by Crippen LogP contribution is -2.43. The Morgan fingerprint density at radius 3 is 2.47 bits per heavy atom. The van der Waals surface area contributed by atoms with Crippen LogP contribution in [-0.2, 0) is 10.2 Å². The highest BCUT2D eigenvalue weighted by Gasteiger charge is 2.24. The van der Waals surface area contributed by atoms with Gasteiger partial charge in [0.2, 0.25) is 0 Å². The molecule has 2 heterocycles. The predicted octanol–water partition coefficient (Wildman–Crippen LogP) is 5.13. The smallest absolute Gasteiger partial charge is 0.260 e. The van der Waals surface area contributed by atoms with E-state index in [0.29, 0.717) is 42.5 Å². The zero-order chi connectivity index (χ0) is 22.0. The van der Waals surface area contributed by atoms with Gasteiger partial charge < -0.3 is 4.74 Å². The molecule has 0 N–H and O–H groups in total. The number of carbonyl (C=O) groups is 1. The summed E-state index contributed by atoms with van der Waals surface area (Å²) in [5.41, 5.74) is 2.11. The van der Waals surface area contributed by atoms with Gasteiger partial charge in [-0.15, -0.1) is 12.4 Å². The molecule has 0 bridgehead atoms. The molecule has 1 aliphatic heterocycles. The van der Waals surface area contributed by atoms with E-state index in [1.807, 2.05) is 30.3 Å². The van der Waals surface area contributed by atoms with Gasteiger partial charge in [-0.25, -0.2) is 9.37 Å². The van der Waals surface area contributed by atoms with Gasteiger partial charge in [0.1, 0.15) is 11.3 Å². The topological polar surface area (TPSA) is 45.7 Å². The third-order valence-electron chi connectivity index (χ3n) is 5.58. The molecule has 0 unspecified atom stereocenters. The van der Waals surface area contributed by atoms with Gasteiger partial charge in [0.05, 0.1) is 17.9 Å². The van der Waals surface area contributed by atoms with Crippen molar-refractivity contribution in [1.82, 2.24) is 9.88 Å². The standard InChI is InChI=1S/C24H28FN3O2S.ClH/c1-24(2,3)18-9-7-17(8-10-18)22(29)28(12-11-27-13-15-30-16-14-27)23-26-21-19(25)5-4-6-20(21)31-23;/h4-10H,11-16H2,1-3H3;1H. The van der Waals surface area contributed by atoms with E-state index in [2.05, 4.69) is 30.7 Å². The predicted molar refractivity (Wildman–Crippen MR) is 131 cm³/mol. The SMILES string of the molecule is CC(C)(C)c1ccc(C(=O)N(CCN2CCOCC2)c2nc3c(F)cccc3s2)cc1.Cl. The van der Waals surface area contributed by atoms with Crippen molar-refractivity contribution in [3.63, 3.8) is 0 Å². The summed E-state index contributed by atoms with van der Waals surface area (Å²) in [7, 11) is 0. The van der Waals surface area contributed by atoms with E-state index >= 15 is 0 Å². The molecule has 0 radical (unpaired) electrons. The molecule has 3 aromatic rings. The average molecular weight is 478 g/mol. The third kappa shape index (κ3) is 5.46. The third-order valence-corrected chi connectivity index (χ3v) is 6.62. The van der Waals surface area contributed by atoms with Gasteiger partial charge >= 0.3 is 0 Å². The number of carbonyl (C=O) groups excluding carboxylic acids is 1. The minimum atomic E-state index is -0.366. The van der Waals surface area contributed by atoms with Crippen molar-refractivity contribution < 1.29 is 13.9 Å². The fraction of sp³-hybridized carbons (Fsp3) is 0.417. The van der Waals surface area contributed by atoms with Crippen molar-refractivity contribution in [2.45, 2.75) is 26.2 Å². The first-order valence-electron chi connectivity index (χ1n) is 10.6. The molecule has 1 fully saturated rings. The van der Waals surface area contributed by atoms with Gasteiger partial charge in [-0.05, 0) is 35.2 Å². The van der Waals surface area contributed by atoms with Crippen molar-refractivity contribution in [2.24, 2.45) is 0 Å². The Labute approximate surface area is 198 Å². The van der Waals surface area contributed by atoms with Crippen molar-refractivity contribution in [3.8, 4) is 0 Å². The summed E-state index contributed by atoms with van der Waals surface area (Å²) in [6.07, 6.45) is 0. The molecule has 0 spiro atoms. The second kappa shape index (κ2) is 10.3. The van der Waals surface area contributed by atoms with Crippen LogP contribution in [0.3, 0.4) is 0 Å². The first-order chi connectivity index (χ1) is 14.8. The van der Waals surface area contributed by atoms with Crippen LogP contribution in [0.5, 0.6) is 0 Å². The highest BCUT2D eigenvalue weighted by Crippen LogP contribution is 2.31. The van der Waals surface area contributed by atoms with E-state index in [1.54, 1.807) is 11.0 Å². The number of para-hydroxylation sites is 1.